The van der Waals surface area contributed by atoms with Crippen LogP contribution in [0.15, 0.2) is 91.0 Å². The van der Waals surface area contributed by atoms with E-state index in [1.165, 1.54) is 5.06 Å². The molecule has 8 rings (SSSR count). The fraction of sp³-hybridized carbons (Fsp3) is 0.511. The summed E-state index contributed by atoms with van der Waals surface area (Å²) in [4.78, 5) is 48.9. The molecular formula is C47H56N2O15. The molecule has 4 saturated heterocycles. The molecule has 5 aliphatic rings. The monoisotopic (exact) mass is 888 g/mol. The molecular weight excluding hydrogens is 833 g/mol. The molecule has 12 atom stereocenters. The van der Waals surface area contributed by atoms with Gasteiger partial charge in [0, 0.05) is 24.0 Å². The quantitative estimate of drug-likeness (QED) is 0.119. The number of rotatable bonds is 15. The minimum absolute atomic E-state index is 0.0159. The number of carbonyl (C=O) groups is 3. The van der Waals surface area contributed by atoms with Crippen LogP contribution in [0.2, 0.25) is 0 Å². The lowest BCUT2D eigenvalue weighted by Gasteiger charge is -2.49. The van der Waals surface area contributed by atoms with E-state index in [0.717, 1.165) is 5.56 Å². The third-order valence-corrected chi connectivity index (χ3v) is 12.4. The van der Waals surface area contributed by atoms with Crippen LogP contribution in [0.3, 0.4) is 0 Å². The Bertz CT molecular complexity index is 2110. The van der Waals surface area contributed by atoms with Gasteiger partial charge in [-0.3, -0.25) is 19.2 Å². The van der Waals surface area contributed by atoms with Crippen LogP contribution in [0.25, 0.3) is 6.08 Å². The van der Waals surface area contributed by atoms with Gasteiger partial charge < -0.3 is 59.3 Å². The predicted molar refractivity (Wildman–Crippen MR) is 224 cm³/mol. The minimum Gasteiger partial charge on any atom is -0.460 e. The Balaban J connectivity index is 1.07. The molecule has 1 amide bonds. The summed E-state index contributed by atoms with van der Waals surface area (Å²) in [7, 11) is 0. The van der Waals surface area contributed by atoms with E-state index in [1.807, 2.05) is 84.9 Å². The molecule has 6 N–H and O–H groups in total. The topological polar surface area (TPSA) is 232 Å². The molecule has 5 fully saturated rings. The van der Waals surface area contributed by atoms with Crippen molar-refractivity contribution in [1.82, 2.24) is 10.4 Å². The maximum atomic E-state index is 15.0. The van der Waals surface area contributed by atoms with Crippen LogP contribution in [-0.2, 0) is 60.0 Å². The number of benzene rings is 3. The summed E-state index contributed by atoms with van der Waals surface area (Å²) >= 11 is 0. The number of hydrogen-bond acceptors (Lipinski definition) is 16. The van der Waals surface area contributed by atoms with Crippen LogP contribution < -0.4 is 5.32 Å². The number of nitrogens with one attached hydrogen (secondary N) is 1. The Hall–Kier alpha value is -4.63. The third-order valence-electron chi connectivity index (χ3n) is 12.4. The van der Waals surface area contributed by atoms with Crippen molar-refractivity contribution in [3.8, 4) is 0 Å². The van der Waals surface area contributed by atoms with Crippen molar-refractivity contribution >= 4 is 23.9 Å². The van der Waals surface area contributed by atoms with Crippen molar-refractivity contribution in [2.24, 2.45) is 5.41 Å². The number of amides is 1. The highest BCUT2D eigenvalue weighted by Gasteiger charge is 2.76. The number of aliphatic hydroxyl groups is 5. The van der Waals surface area contributed by atoms with Gasteiger partial charge in [-0.1, -0.05) is 97.1 Å². The number of ether oxygens (including phenoxy) is 6. The Morgan fingerprint density at radius 2 is 1.61 bits per heavy atom. The van der Waals surface area contributed by atoms with Gasteiger partial charge in [-0.15, -0.1) is 0 Å². The molecule has 17 heteroatoms. The van der Waals surface area contributed by atoms with E-state index in [0.29, 0.717) is 16.7 Å². The number of hydrogen-bond donors (Lipinski definition) is 6. The third kappa shape index (κ3) is 8.87. The van der Waals surface area contributed by atoms with Gasteiger partial charge in [-0.05, 0) is 38.3 Å². The highest BCUT2D eigenvalue weighted by atomic mass is 16.8. The first-order valence-corrected chi connectivity index (χ1v) is 21.6. The first-order chi connectivity index (χ1) is 30.7. The molecule has 64 heavy (non-hydrogen) atoms. The van der Waals surface area contributed by atoms with Crippen molar-refractivity contribution in [3.05, 3.63) is 113 Å². The van der Waals surface area contributed by atoms with Gasteiger partial charge in [-0.2, -0.15) is 5.06 Å². The first kappa shape index (κ1) is 45.9. The molecule has 1 saturated carbocycles. The number of nitrogens with zero attached hydrogens (tertiary/aromatic N) is 1. The molecule has 2 bridgehead atoms. The predicted octanol–water partition coefficient (Wildman–Crippen LogP) is 1.60. The van der Waals surface area contributed by atoms with E-state index < -0.39 is 115 Å². The molecule has 0 spiro atoms. The zero-order valence-electron chi connectivity index (χ0n) is 35.8. The van der Waals surface area contributed by atoms with Gasteiger partial charge in [0.25, 0.3) is 0 Å². The lowest BCUT2D eigenvalue weighted by Crippen LogP contribution is -2.70. The summed E-state index contributed by atoms with van der Waals surface area (Å²) in [5.41, 5.74) is 0.495. The standard InChI is InChI=1S/C47H56N2O15/c1-45(2,3)61-34(52)20-19-31(25-50)48-44(57)46-23-32-38-39(63-47(62-38,29-15-6-4-7-16-29)30-17-8-5-9-18-30)41(46)64-49(40(46)42(56)59-32)24-28-13-10-12-27(22-28)14-11-21-58-43-37(55)36(54)35(53)33(26-51)60-43/h4-18,22,31-33,35-41,43,50-51,53-55H,19-21,23-26H2,1-3H3,(H,48,57)/t31-,32+,33+,35-,36-,37+,38-,39-,40-,41+,43-,46-/m0/s1. The maximum absolute atomic E-state index is 15.0. The van der Waals surface area contributed by atoms with E-state index in [-0.39, 0.29) is 32.4 Å². The Kier molecular flexibility index (Phi) is 13.4. The van der Waals surface area contributed by atoms with E-state index in [9.17, 15) is 35.1 Å². The number of hydroxylamine groups is 2. The smallest absolute Gasteiger partial charge is 0.327 e. The highest BCUT2D eigenvalue weighted by Crippen LogP contribution is 2.59. The first-order valence-electron chi connectivity index (χ1n) is 21.6. The number of fused-ring (bicyclic) bond motifs is 4. The van der Waals surface area contributed by atoms with E-state index >= 15 is 4.79 Å². The largest absolute Gasteiger partial charge is 0.460 e. The normalized spacial score (nSPS) is 32.5. The molecule has 344 valence electrons. The molecule has 4 aliphatic heterocycles. The van der Waals surface area contributed by atoms with E-state index in [4.69, 9.17) is 33.3 Å². The Morgan fingerprint density at radius 1 is 0.922 bits per heavy atom. The maximum Gasteiger partial charge on any atom is 0.327 e. The van der Waals surface area contributed by atoms with Gasteiger partial charge >= 0.3 is 11.9 Å². The molecule has 4 heterocycles. The summed E-state index contributed by atoms with van der Waals surface area (Å²) in [5, 5.41) is 54.9. The molecule has 1 aliphatic carbocycles. The summed E-state index contributed by atoms with van der Waals surface area (Å²) in [6, 6.07) is 24.0. The van der Waals surface area contributed by atoms with Crippen molar-refractivity contribution in [2.75, 3.05) is 19.8 Å². The van der Waals surface area contributed by atoms with E-state index in [2.05, 4.69) is 5.32 Å². The number of aliphatic hydroxyl groups excluding tert-OH is 5. The average Bonchev–Trinajstić information content (AvgIpc) is 3.86. The van der Waals surface area contributed by atoms with Crippen LogP contribution in [0.1, 0.15) is 62.3 Å². The molecule has 0 unspecified atom stereocenters. The van der Waals surface area contributed by atoms with Crippen LogP contribution in [-0.4, -0.2) is 141 Å². The number of carbonyl (C=O) groups excluding carboxylic acids is 3. The summed E-state index contributed by atoms with van der Waals surface area (Å²) in [6.45, 7) is 4.17. The van der Waals surface area contributed by atoms with Crippen LogP contribution in [0.4, 0.5) is 0 Å². The lowest BCUT2D eigenvalue weighted by atomic mass is 9.62. The van der Waals surface area contributed by atoms with Gasteiger partial charge in [0.05, 0.1) is 32.4 Å². The lowest BCUT2D eigenvalue weighted by molar-refractivity contribution is -0.298. The van der Waals surface area contributed by atoms with Crippen molar-refractivity contribution < 1.29 is 73.2 Å². The second kappa shape index (κ2) is 18.7. The summed E-state index contributed by atoms with van der Waals surface area (Å²) < 4.78 is 36.7. The fourth-order valence-electron chi connectivity index (χ4n) is 9.42. The minimum atomic E-state index is -1.59. The van der Waals surface area contributed by atoms with E-state index in [1.54, 1.807) is 32.9 Å². The van der Waals surface area contributed by atoms with Crippen molar-refractivity contribution in [1.29, 1.82) is 0 Å². The van der Waals surface area contributed by atoms with Crippen molar-refractivity contribution in [2.45, 2.75) is 125 Å². The van der Waals surface area contributed by atoms with Crippen molar-refractivity contribution in [3.63, 3.8) is 0 Å². The Labute approximate surface area is 370 Å². The Morgan fingerprint density at radius 3 is 2.27 bits per heavy atom. The summed E-state index contributed by atoms with van der Waals surface area (Å²) in [5.74, 6) is -3.20. The summed E-state index contributed by atoms with van der Waals surface area (Å²) in [6.07, 6.45) is -7.36. The van der Waals surface area contributed by atoms with Gasteiger partial charge in [0.15, 0.2) is 12.3 Å². The molecule has 3 aromatic rings. The average molecular weight is 889 g/mol. The molecule has 0 radical (unpaired) electrons. The van der Waals surface area contributed by atoms with Crippen LogP contribution >= 0.6 is 0 Å². The zero-order chi connectivity index (χ0) is 45.4. The molecule has 17 nitrogen and oxygen atoms in total. The number of esters is 2. The molecule has 3 aromatic carbocycles. The zero-order valence-corrected chi connectivity index (χ0v) is 35.8. The second-order valence-corrected chi connectivity index (χ2v) is 17.9. The van der Waals surface area contributed by atoms with Crippen LogP contribution in [0, 0.1) is 5.41 Å². The highest BCUT2D eigenvalue weighted by molar-refractivity contribution is 5.94. The second-order valence-electron chi connectivity index (χ2n) is 17.9. The SMILES string of the molecule is CC(C)(C)OC(=O)CC[C@@H](CO)NC(=O)[C@@]12C[C@H]3OC(=O)[C@@H]1N(Cc1cccc(C=CCO[C@H]4O[C@H](CO)[C@H](O)[C@H](O)[C@H]4O)c1)O[C@@H]2[C@H]1OC(c2ccccc2)(c2ccccc2)O[C@H]13. The van der Waals surface area contributed by atoms with Gasteiger partial charge in [0.2, 0.25) is 11.7 Å². The molecule has 0 aromatic heterocycles. The van der Waals surface area contributed by atoms with Gasteiger partial charge in [-0.25, -0.2) is 0 Å². The van der Waals surface area contributed by atoms with Crippen LogP contribution in [0.5, 0.6) is 0 Å². The fourth-order valence-corrected chi connectivity index (χ4v) is 9.42. The van der Waals surface area contributed by atoms with Gasteiger partial charge in [0.1, 0.15) is 59.8 Å².